The highest BCUT2D eigenvalue weighted by Gasteiger charge is 2.07. The summed E-state index contributed by atoms with van der Waals surface area (Å²) in [6.45, 7) is 9.13. The van der Waals surface area contributed by atoms with Gasteiger partial charge in [0.05, 0.1) is 13.2 Å². The number of benzene rings is 2. The van der Waals surface area contributed by atoms with Crippen molar-refractivity contribution in [2.24, 2.45) is 0 Å². The van der Waals surface area contributed by atoms with Crippen LogP contribution in [0.2, 0.25) is 0 Å². The van der Waals surface area contributed by atoms with Crippen molar-refractivity contribution in [1.29, 1.82) is 0 Å². The maximum atomic E-state index is 12.2. The van der Waals surface area contributed by atoms with E-state index < -0.39 is 0 Å². The number of aryl methyl sites for hydroxylation is 3. The molecule has 4 heteroatoms. The molecule has 0 aromatic heterocycles. The van der Waals surface area contributed by atoms with E-state index in [4.69, 9.17) is 4.74 Å². The number of amides is 1. The van der Waals surface area contributed by atoms with Crippen LogP contribution in [0, 0.1) is 20.8 Å². The lowest BCUT2D eigenvalue weighted by Gasteiger charge is -2.14. The number of carbonyl (C=O) groups is 1. The largest absolute Gasteiger partial charge is 0.494 e. The molecule has 2 N–H and O–H groups in total. The fourth-order valence-corrected chi connectivity index (χ4v) is 2.72. The molecule has 0 aliphatic rings. The van der Waals surface area contributed by atoms with Crippen LogP contribution in [0.4, 0.5) is 11.4 Å². The molecule has 0 heterocycles. The molecule has 4 nitrogen and oxygen atoms in total. The highest BCUT2D eigenvalue weighted by molar-refractivity contribution is 5.94. The van der Waals surface area contributed by atoms with Crippen LogP contribution in [-0.2, 0) is 4.79 Å². The first-order valence-corrected chi connectivity index (χ1v) is 8.34. The third-order valence-electron chi connectivity index (χ3n) is 3.69. The Balaban J connectivity index is 1.94. The molecular weight excluding hydrogens is 300 g/mol. The number of ether oxygens (including phenoxy) is 1. The van der Waals surface area contributed by atoms with E-state index in [0.717, 1.165) is 34.7 Å². The van der Waals surface area contributed by atoms with E-state index in [1.165, 1.54) is 5.56 Å². The Labute approximate surface area is 144 Å². The summed E-state index contributed by atoms with van der Waals surface area (Å²) < 4.78 is 5.58. The van der Waals surface area contributed by atoms with E-state index in [9.17, 15) is 4.79 Å². The lowest BCUT2D eigenvalue weighted by molar-refractivity contribution is -0.114. The number of anilines is 2. The fraction of sp³-hybridized carbons (Fsp3) is 0.350. The van der Waals surface area contributed by atoms with Gasteiger partial charge in [0.2, 0.25) is 5.91 Å². The van der Waals surface area contributed by atoms with Crippen LogP contribution in [0.1, 0.15) is 30.0 Å². The molecule has 0 atom stereocenters. The zero-order chi connectivity index (χ0) is 17.5. The molecule has 0 fully saturated rings. The van der Waals surface area contributed by atoms with Gasteiger partial charge in [0.15, 0.2) is 0 Å². The molecule has 2 rings (SSSR count). The highest BCUT2D eigenvalue weighted by atomic mass is 16.5. The van der Waals surface area contributed by atoms with Crippen molar-refractivity contribution < 1.29 is 9.53 Å². The molecule has 24 heavy (non-hydrogen) atoms. The second-order valence-electron chi connectivity index (χ2n) is 6.05. The second-order valence-corrected chi connectivity index (χ2v) is 6.05. The standard InChI is InChI=1S/C20H26N2O2/c1-5-9-24-18-8-6-7-17(12-18)22-19(23)13-21-20-15(3)10-14(2)11-16(20)4/h6-8,10-12,21H,5,9,13H2,1-4H3,(H,22,23). The minimum atomic E-state index is -0.0815. The average molecular weight is 326 g/mol. The molecule has 128 valence electrons. The Morgan fingerprint density at radius 1 is 1.08 bits per heavy atom. The molecule has 0 saturated heterocycles. The molecule has 0 aliphatic heterocycles. The minimum Gasteiger partial charge on any atom is -0.494 e. The van der Waals surface area contributed by atoms with Gasteiger partial charge < -0.3 is 15.4 Å². The van der Waals surface area contributed by atoms with E-state index in [0.29, 0.717) is 6.61 Å². The molecule has 0 saturated carbocycles. The Hall–Kier alpha value is -2.49. The Bertz CT molecular complexity index is 688. The van der Waals surface area contributed by atoms with Crippen molar-refractivity contribution in [3.8, 4) is 5.75 Å². The first kappa shape index (κ1) is 17.9. The number of hydrogen-bond acceptors (Lipinski definition) is 3. The summed E-state index contributed by atoms with van der Waals surface area (Å²) in [5.74, 6) is 0.690. The van der Waals surface area contributed by atoms with Gasteiger partial charge in [-0.3, -0.25) is 4.79 Å². The normalized spacial score (nSPS) is 10.3. The summed E-state index contributed by atoms with van der Waals surface area (Å²) in [6.07, 6.45) is 0.954. The number of carbonyl (C=O) groups excluding carboxylic acids is 1. The summed E-state index contributed by atoms with van der Waals surface area (Å²) in [4.78, 5) is 12.2. The summed E-state index contributed by atoms with van der Waals surface area (Å²) in [5.41, 5.74) is 5.29. The molecule has 2 aromatic carbocycles. The van der Waals surface area contributed by atoms with Gasteiger partial charge in [-0.1, -0.05) is 30.7 Å². The summed E-state index contributed by atoms with van der Waals surface area (Å²) >= 11 is 0. The summed E-state index contributed by atoms with van der Waals surface area (Å²) in [6, 6.07) is 11.7. The van der Waals surface area contributed by atoms with Crippen molar-refractivity contribution in [1.82, 2.24) is 0 Å². The molecular formula is C20H26N2O2. The van der Waals surface area contributed by atoms with Gasteiger partial charge in [0, 0.05) is 17.4 Å². The lowest BCUT2D eigenvalue weighted by Crippen LogP contribution is -2.22. The summed E-state index contributed by atoms with van der Waals surface area (Å²) in [5, 5.41) is 6.13. The molecule has 0 radical (unpaired) electrons. The quantitative estimate of drug-likeness (QED) is 0.790. The first-order valence-electron chi connectivity index (χ1n) is 8.34. The SMILES string of the molecule is CCCOc1cccc(NC(=O)CNc2c(C)cc(C)cc2C)c1. The van der Waals surface area contributed by atoms with Gasteiger partial charge in [-0.2, -0.15) is 0 Å². The van der Waals surface area contributed by atoms with Gasteiger partial charge >= 0.3 is 0 Å². The fourth-order valence-electron chi connectivity index (χ4n) is 2.72. The van der Waals surface area contributed by atoms with E-state index in [1.807, 2.05) is 24.3 Å². The van der Waals surface area contributed by atoms with Crippen molar-refractivity contribution in [2.75, 3.05) is 23.8 Å². The van der Waals surface area contributed by atoms with Gasteiger partial charge in [0.1, 0.15) is 5.75 Å². The first-order chi connectivity index (χ1) is 11.5. The summed E-state index contributed by atoms with van der Waals surface area (Å²) in [7, 11) is 0. The monoisotopic (exact) mass is 326 g/mol. The smallest absolute Gasteiger partial charge is 0.243 e. The molecule has 0 bridgehead atoms. The maximum Gasteiger partial charge on any atom is 0.243 e. The van der Waals surface area contributed by atoms with Crippen LogP contribution in [0.3, 0.4) is 0 Å². The zero-order valence-electron chi connectivity index (χ0n) is 14.9. The van der Waals surface area contributed by atoms with Crippen molar-refractivity contribution >= 4 is 17.3 Å². The second kappa shape index (κ2) is 8.39. The predicted molar refractivity (Wildman–Crippen MR) is 100 cm³/mol. The third kappa shape index (κ3) is 5.01. The van der Waals surface area contributed by atoms with Crippen LogP contribution in [-0.4, -0.2) is 19.1 Å². The lowest BCUT2D eigenvalue weighted by atomic mass is 10.1. The van der Waals surface area contributed by atoms with Crippen LogP contribution < -0.4 is 15.4 Å². The number of hydrogen-bond donors (Lipinski definition) is 2. The zero-order valence-corrected chi connectivity index (χ0v) is 14.9. The van der Waals surface area contributed by atoms with Gasteiger partial charge in [-0.15, -0.1) is 0 Å². The van der Waals surface area contributed by atoms with E-state index in [1.54, 1.807) is 0 Å². The van der Waals surface area contributed by atoms with E-state index >= 15 is 0 Å². The van der Waals surface area contributed by atoms with Crippen LogP contribution in [0.15, 0.2) is 36.4 Å². The van der Waals surface area contributed by atoms with Gasteiger partial charge in [0.25, 0.3) is 0 Å². The molecule has 2 aromatic rings. The highest BCUT2D eigenvalue weighted by Crippen LogP contribution is 2.22. The number of rotatable bonds is 7. The maximum absolute atomic E-state index is 12.2. The van der Waals surface area contributed by atoms with Crippen molar-refractivity contribution in [3.63, 3.8) is 0 Å². The van der Waals surface area contributed by atoms with Crippen LogP contribution >= 0.6 is 0 Å². The average Bonchev–Trinajstić information content (AvgIpc) is 2.52. The van der Waals surface area contributed by atoms with E-state index in [-0.39, 0.29) is 12.5 Å². The van der Waals surface area contributed by atoms with Crippen molar-refractivity contribution in [2.45, 2.75) is 34.1 Å². The number of nitrogens with one attached hydrogen (secondary N) is 2. The van der Waals surface area contributed by atoms with Crippen molar-refractivity contribution in [3.05, 3.63) is 53.1 Å². The third-order valence-corrected chi connectivity index (χ3v) is 3.69. The van der Waals surface area contributed by atoms with Gasteiger partial charge in [-0.05, 0) is 50.5 Å². The molecule has 1 amide bonds. The minimum absolute atomic E-state index is 0.0815. The molecule has 0 unspecified atom stereocenters. The van der Waals surface area contributed by atoms with E-state index in [2.05, 4.69) is 50.5 Å². The van der Waals surface area contributed by atoms with Gasteiger partial charge in [-0.25, -0.2) is 0 Å². The van der Waals surface area contributed by atoms with Crippen LogP contribution in [0.5, 0.6) is 5.75 Å². The topological polar surface area (TPSA) is 50.4 Å². The molecule has 0 aliphatic carbocycles. The Morgan fingerprint density at radius 2 is 1.79 bits per heavy atom. The Morgan fingerprint density at radius 3 is 2.46 bits per heavy atom. The predicted octanol–water partition coefficient (Wildman–Crippen LogP) is 4.45. The van der Waals surface area contributed by atoms with Crippen LogP contribution in [0.25, 0.3) is 0 Å². The Kier molecular flexibility index (Phi) is 6.24. The molecule has 0 spiro atoms.